The summed E-state index contributed by atoms with van der Waals surface area (Å²) in [5.41, 5.74) is 2.38. The molecule has 31 heavy (non-hydrogen) atoms. The molecule has 2 N–H and O–H groups in total. The van der Waals surface area contributed by atoms with Crippen LogP contribution in [0.2, 0.25) is 0 Å². The first-order valence-corrected chi connectivity index (χ1v) is 12.2. The zero-order chi connectivity index (χ0) is 21.0. The van der Waals surface area contributed by atoms with Crippen LogP contribution >= 0.6 is 24.0 Å². The predicted octanol–water partition coefficient (Wildman–Crippen LogP) is 3.70. The van der Waals surface area contributed by atoms with E-state index in [-0.39, 0.29) is 30.0 Å². The van der Waals surface area contributed by atoms with E-state index in [0.29, 0.717) is 17.4 Å². The molecule has 1 heterocycles. The topological polar surface area (TPSA) is 73.8 Å². The first-order valence-electron chi connectivity index (χ1n) is 10.7. The zero-order valence-electron chi connectivity index (χ0n) is 17.8. The third kappa shape index (κ3) is 6.43. The van der Waals surface area contributed by atoms with E-state index >= 15 is 0 Å². The van der Waals surface area contributed by atoms with Crippen molar-refractivity contribution in [2.75, 3.05) is 19.6 Å². The van der Waals surface area contributed by atoms with E-state index in [0.717, 1.165) is 50.4 Å². The van der Waals surface area contributed by atoms with Gasteiger partial charge >= 0.3 is 0 Å². The molecule has 1 aliphatic carbocycles. The summed E-state index contributed by atoms with van der Waals surface area (Å²) in [6.45, 7) is 5.35. The highest BCUT2D eigenvalue weighted by molar-refractivity contribution is 14.0. The summed E-state index contributed by atoms with van der Waals surface area (Å²) in [5.74, 6) is 1.45. The maximum absolute atomic E-state index is 12.3. The van der Waals surface area contributed by atoms with Crippen molar-refractivity contribution in [1.29, 1.82) is 0 Å². The SMILES string of the molecule is CCNC(=NCc1ccc(S(=O)(=O)NC2CC2)cc1)N1CCC(c2ccccc2)C1.I. The Morgan fingerprint density at radius 1 is 1.06 bits per heavy atom. The number of nitrogens with zero attached hydrogens (tertiary/aromatic N) is 2. The van der Waals surface area contributed by atoms with Crippen LogP contribution in [-0.4, -0.2) is 45.0 Å². The molecule has 0 bridgehead atoms. The maximum Gasteiger partial charge on any atom is 0.240 e. The number of likely N-dealkylation sites (tertiary alicyclic amines) is 1. The summed E-state index contributed by atoms with van der Waals surface area (Å²) in [4.78, 5) is 7.45. The second-order valence-corrected chi connectivity index (χ2v) is 9.77. The van der Waals surface area contributed by atoms with Gasteiger partial charge in [-0.15, -0.1) is 24.0 Å². The summed E-state index contributed by atoms with van der Waals surface area (Å²) in [7, 11) is -3.41. The summed E-state index contributed by atoms with van der Waals surface area (Å²) in [6, 6.07) is 17.8. The van der Waals surface area contributed by atoms with Gasteiger partial charge < -0.3 is 10.2 Å². The average molecular weight is 554 g/mol. The Kier molecular flexibility index (Phi) is 8.35. The van der Waals surface area contributed by atoms with Crippen LogP contribution in [-0.2, 0) is 16.6 Å². The van der Waals surface area contributed by atoms with Gasteiger partial charge in [-0.1, -0.05) is 42.5 Å². The van der Waals surface area contributed by atoms with Crippen molar-refractivity contribution in [1.82, 2.24) is 14.9 Å². The van der Waals surface area contributed by atoms with Gasteiger partial charge in [-0.3, -0.25) is 0 Å². The molecule has 2 aliphatic rings. The molecule has 6 nitrogen and oxygen atoms in total. The Bertz CT molecular complexity index is 976. The van der Waals surface area contributed by atoms with Gasteiger partial charge in [0, 0.05) is 31.6 Å². The summed E-state index contributed by atoms with van der Waals surface area (Å²) >= 11 is 0. The standard InChI is InChI=1S/C23H30N4O2S.HI/c1-2-24-23(27-15-14-20(17-27)19-6-4-3-5-7-19)25-16-18-8-12-22(13-9-18)30(28,29)26-21-10-11-21;/h3-9,12-13,20-21,26H,2,10-11,14-17H2,1H3,(H,24,25);1H. The van der Waals surface area contributed by atoms with Crippen LogP contribution in [0.25, 0.3) is 0 Å². The Hall–Kier alpha value is -1.65. The molecule has 1 aliphatic heterocycles. The van der Waals surface area contributed by atoms with Gasteiger partial charge in [-0.05, 0) is 49.4 Å². The van der Waals surface area contributed by atoms with Gasteiger partial charge in [0.05, 0.1) is 11.4 Å². The number of rotatable bonds is 7. The fourth-order valence-corrected chi connectivity index (χ4v) is 5.11. The van der Waals surface area contributed by atoms with E-state index in [1.165, 1.54) is 5.56 Å². The number of aliphatic imine (C=N–C) groups is 1. The molecule has 168 valence electrons. The second kappa shape index (κ2) is 10.8. The van der Waals surface area contributed by atoms with Gasteiger partial charge in [-0.2, -0.15) is 0 Å². The van der Waals surface area contributed by atoms with Gasteiger partial charge in [0.1, 0.15) is 0 Å². The lowest BCUT2D eigenvalue weighted by Gasteiger charge is -2.22. The van der Waals surface area contributed by atoms with Crippen molar-refractivity contribution in [3.63, 3.8) is 0 Å². The predicted molar refractivity (Wildman–Crippen MR) is 135 cm³/mol. The summed E-state index contributed by atoms with van der Waals surface area (Å²) in [5, 5.41) is 3.40. The van der Waals surface area contributed by atoms with Crippen molar-refractivity contribution in [2.45, 2.75) is 49.6 Å². The van der Waals surface area contributed by atoms with E-state index in [4.69, 9.17) is 4.99 Å². The van der Waals surface area contributed by atoms with Crippen molar-refractivity contribution in [3.8, 4) is 0 Å². The molecule has 2 aromatic carbocycles. The molecule has 4 rings (SSSR count). The Balaban J connectivity index is 0.00000272. The number of sulfonamides is 1. The first kappa shape index (κ1) is 24.0. The lowest BCUT2D eigenvalue weighted by Crippen LogP contribution is -2.40. The Morgan fingerprint density at radius 2 is 1.77 bits per heavy atom. The van der Waals surface area contributed by atoms with Crippen molar-refractivity contribution in [2.24, 2.45) is 4.99 Å². The van der Waals surface area contributed by atoms with Gasteiger partial charge in [0.15, 0.2) is 5.96 Å². The zero-order valence-corrected chi connectivity index (χ0v) is 21.0. The molecular formula is C23H31IN4O2S. The minimum Gasteiger partial charge on any atom is -0.357 e. The number of halogens is 1. The molecule has 1 atom stereocenters. The van der Waals surface area contributed by atoms with Gasteiger partial charge in [0.2, 0.25) is 10.0 Å². The van der Waals surface area contributed by atoms with Crippen LogP contribution in [0, 0.1) is 0 Å². The van der Waals surface area contributed by atoms with E-state index in [1.54, 1.807) is 12.1 Å². The highest BCUT2D eigenvalue weighted by Gasteiger charge is 2.28. The molecule has 0 amide bonds. The third-order valence-electron chi connectivity index (χ3n) is 5.64. The van der Waals surface area contributed by atoms with Crippen LogP contribution in [0.5, 0.6) is 0 Å². The summed E-state index contributed by atoms with van der Waals surface area (Å²) in [6.07, 6.45) is 2.98. The van der Waals surface area contributed by atoms with Crippen LogP contribution in [0.15, 0.2) is 64.5 Å². The van der Waals surface area contributed by atoms with Crippen LogP contribution in [0.3, 0.4) is 0 Å². The van der Waals surface area contributed by atoms with Gasteiger partial charge in [0.25, 0.3) is 0 Å². The second-order valence-electron chi connectivity index (χ2n) is 8.05. The smallest absolute Gasteiger partial charge is 0.240 e. The van der Waals surface area contributed by atoms with E-state index in [9.17, 15) is 8.42 Å². The minimum absolute atomic E-state index is 0. The molecule has 1 unspecified atom stereocenters. The highest BCUT2D eigenvalue weighted by Crippen LogP contribution is 2.27. The Morgan fingerprint density at radius 3 is 2.42 bits per heavy atom. The lowest BCUT2D eigenvalue weighted by molar-refractivity contribution is 0.486. The van der Waals surface area contributed by atoms with Crippen LogP contribution < -0.4 is 10.0 Å². The number of hydrogen-bond acceptors (Lipinski definition) is 3. The minimum atomic E-state index is -3.41. The van der Waals surface area contributed by atoms with Crippen molar-refractivity contribution in [3.05, 3.63) is 65.7 Å². The first-order chi connectivity index (χ1) is 14.5. The molecule has 0 radical (unpaired) electrons. The van der Waals surface area contributed by atoms with Crippen molar-refractivity contribution >= 4 is 40.0 Å². The fourth-order valence-electron chi connectivity index (χ4n) is 3.80. The quantitative estimate of drug-likeness (QED) is 0.311. The van der Waals surface area contributed by atoms with Gasteiger partial charge in [-0.25, -0.2) is 18.1 Å². The normalized spacial score (nSPS) is 19.2. The molecule has 2 fully saturated rings. The highest BCUT2D eigenvalue weighted by atomic mass is 127. The Labute approximate surface area is 202 Å². The average Bonchev–Trinajstić information content (AvgIpc) is 3.42. The van der Waals surface area contributed by atoms with Crippen LogP contribution in [0.4, 0.5) is 0 Å². The maximum atomic E-state index is 12.3. The molecule has 0 aromatic heterocycles. The molecule has 8 heteroatoms. The number of hydrogen-bond donors (Lipinski definition) is 2. The van der Waals surface area contributed by atoms with E-state index in [2.05, 4.69) is 52.2 Å². The van der Waals surface area contributed by atoms with E-state index < -0.39 is 10.0 Å². The fraction of sp³-hybridized carbons (Fsp3) is 0.435. The van der Waals surface area contributed by atoms with Crippen LogP contribution in [0.1, 0.15) is 43.2 Å². The molecule has 2 aromatic rings. The number of nitrogens with one attached hydrogen (secondary N) is 2. The third-order valence-corrected chi connectivity index (χ3v) is 7.17. The lowest BCUT2D eigenvalue weighted by atomic mass is 9.99. The number of benzene rings is 2. The summed E-state index contributed by atoms with van der Waals surface area (Å²) < 4.78 is 27.3. The van der Waals surface area contributed by atoms with E-state index in [1.807, 2.05) is 12.1 Å². The largest absolute Gasteiger partial charge is 0.357 e. The van der Waals surface area contributed by atoms with Crippen molar-refractivity contribution < 1.29 is 8.42 Å². The molecule has 1 saturated carbocycles. The molecule has 1 saturated heterocycles. The number of guanidine groups is 1. The molecule has 0 spiro atoms. The molecular weight excluding hydrogens is 523 g/mol. The monoisotopic (exact) mass is 554 g/mol.